The maximum Gasteiger partial charge on any atom is 0.227 e. The molecule has 7 heteroatoms. The van der Waals surface area contributed by atoms with Crippen molar-refractivity contribution in [3.05, 3.63) is 70.2 Å². The van der Waals surface area contributed by atoms with Gasteiger partial charge in [0.1, 0.15) is 11.6 Å². The number of rotatable bonds is 3. The van der Waals surface area contributed by atoms with Crippen LogP contribution in [0.4, 0.5) is 8.78 Å². The van der Waals surface area contributed by atoms with Crippen LogP contribution in [0.3, 0.4) is 0 Å². The van der Waals surface area contributed by atoms with Gasteiger partial charge < -0.3 is 14.9 Å². The predicted molar refractivity (Wildman–Crippen MR) is 120 cm³/mol. The second-order valence-corrected chi connectivity index (χ2v) is 9.91. The molecule has 0 aliphatic carbocycles. The van der Waals surface area contributed by atoms with E-state index in [0.29, 0.717) is 36.8 Å². The van der Waals surface area contributed by atoms with Crippen molar-refractivity contribution in [1.82, 2.24) is 9.80 Å². The number of likely N-dealkylation sites (tertiary alicyclic amines) is 2. The van der Waals surface area contributed by atoms with Gasteiger partial charge in [-0.15, -0.1) is 0 Å². The number of nitrogens with zero attached hydrogens (tertiary/aromatic N) is 2. The molecule has 32 heavy (non-hydrogen) atoms. The van der Waals surface area contributed by atoms with Gasteiger partial charge in [-0.25, -0.2) is 8.78 Å². The van der Waals surface area contributed by atoms with Crippen LogP contribution in [0.25, 0.3) is 0 Å². The quantitative estimate of drug-likeness (QED) is 0.741. The second kappa shape index (κ2) is 8.73. The van der Waals surface area contributed by atoms with Crippen LogP contribution < -0.4 is 0 Å². The summed E-state index contributed by atoms with van der Waals surface area (Å²) in [6, 6.07) is 10.8. The molecule has 2 aromatic rings. The van der Waals surface area contributed by atoms with Crippen molar-refractivity contribution in [1.29, 1.82) is 0 Å². The largest absolute Gasteiger partial charge is 0.384 e. The van der Waals surface area contributed by atoms with E-state index in [9.17, 15) is 18.7 Å². The van der Waals surface area contributed by atoms with E-state index in [1.54, 1.807) is 17.0 Å². The van der Waals surface area contributed by atoms with Gasteiger partial charge in [-0.1, -0.05) is 43.6 Å². The van der Waals surface area contributed by atoms with Crippen LogP contribution in [0.1, 0.15) is 30.9 Å². The average molecular weight is 463 g/mol. The number of carbonyl (C=O) groups excluding carboxylic acids is 1. The van der Waals surface area contributed by atoms with Crippen LogP contribution in [-0.2, 0) is 10.4 Å². The van der Waals surface area contributed by atoms with E-state index in [1.807, 2.05) is 37.9 Å². The molecule has 2 aliphatic rings. The lowest BCUT2D eigenvalue weighted by molar-refractivity contribution is -0.152. The second-order valence-electron chi connectivity index (χ2n) is 9.48. The minimum absolute atomic E-state index is 0.0417. The number of amides is 1. The van der Waals surface area contributed by atoms with Crippen LogP contribution in [0.2, 0.25) is 5.02 Å². The fraction of sp³-hybridized carbons (Fsp3) is 0.480. The minimum Gasteiger partial charge on any atom is -0.384 e. The highest BCUT2D eigenvalue weighted by atomic mass is 35.5. The van der Waals surface area contributed by atoms with Crippen molar-refractivity contribution in [3.63, 3.8) is 0 Å². The Balaban J connectivity index is 1.56. The molecule has 0 unspecified atom stereocenters. The van der Waals surface area contributed by atoms with E-state index in [4.69, 9.17) is 11.6 Å². The molecule has 5 atom stereocenters. The van der Waals surface area contributed by atoms with Gasteiger partial charge in [0.05, 0.1) is 11.5 Å². The third-order valence-electron chi connectivity index (χ3n) is 7.29. The lowest BCUT2D eigenvalue weighted by Crippen LogP contribution is -2.57. The molecule has 172 valence electrons. The molecule has 0 bridgehead atoms. The summed E-state index contributed by atoms with van der Waals surface area (Å²) in [4.78, 5) is 17.4. The zero-order chi connectivity index (χ0) is 23.2. The van der Waals surface area contributed by atoms with E-state index < -0.39 is 23.2 Å². The van der Waals surface area contributed by atoms with Crippen LogP contribution >= 0.6 is 11.6 Å². The van der Waals surface area contributed by atoms with Crippen molar-refractivity contribution < 1.29 is 18.7 Å². The molecule has 2 saturated heterocycles. The number of hydrogen-bond donors (Lipinski definition) is 1. The Morgan fingerprint density at radius 2 is 1.66 bits per heavy atom. The number of likely N-dealkylation sites (N-methyl/N-ethyl adjacent to an activating group) is 1. The third-order valence-corrected chi connectivity index (χ3v) is 7.54. The molecule has 0 radical (unpaired) electrons. The molecule has 0 aromatic heterocycles. The van der Waals surface area contributed by atoms with E-state index in [0.717, 1.165) is 11.6 Å². The predicted octanol–water partition coefficient (Wildman–Crippen LogP) is 4.27. The van der Waals surface area contributed by atoms with Gasteiger partial charge in [0.2, 0.25) is 5.91 Å². The third kappa shape index (κ3) is 4.04. The molecule has 2 aromatic carbocycles. The van der Waals surface area contributed by atoms with E-state index in [1.165, 1.54) is 12.1 Å². The van der Waals surface area contributed by atoms with Crippen molar-refractivity contribution >= 4 is 17.5 Å². The highest BCUT2D eigenvalue weighted by molar-refractivity contribution is 6.30. The molecule has 2 heterocycles. The van der Waals surface area contributed by atoms with Gasteiger partial charge in [-0.05, 0) is 36.4 Å². The highest BCUT2D eigenvalue weighted by Gasteiger charge is 2.49. The standard InChI is InChI=1S/C25H29ClF2N2O2/c1-15-11-30(12-16(2)25(15,32)17-4-6-18(26)7-5-17)24(31)22-14-29(3)13-21(22)20-9-8-19(27)10-23(20)28/h4-10,15-16,21-22,32H,11-14H2,1-3H3/t15-,16+,21-,22+,25-/m0/s1. The fourth-order valence-corrected chi connectivity index (χ4v) is 5.69. The molecule has 2 aliphatic heterocycles. The average Bonchev–Trinajstić information content (AvgIpc) is 3.12. The van der Waals surface area contributed by atoms with E-state index in [-0.39, 0.29) is 23.7 Å². The molecule has 0 spiro atoms. The summed E-state index contributed by atoms with van der Waals surface area (Å²) in [5.41, 5.74) is 0.0989. The highest BCUT2D eigenvalue weighted by Crippen LogP contribution is 2.43. The minimum atomic E-state index is -1.07. The molecule has 4 rings (SSSR count). The fourth-order valence-electron chi connectivity index (χ4n) is 5.57. The number of carbonyl (C=O) groups is 1. The first-order valence-corrected chi connectivity index (χ1v) is 11.4. The maximum absolute atomic E-state index is 14.5. The molecule has 0 saturated carbocycles. The number of piperidine rings is 1. The first-order valence-electron chi connectivity index (χ1n) is 11.0. The Kier molecular flexibility index (Phi) is 6.31. The van der Waals surface area contributed by atoms with Crippen molar-refractivity contribution in [2.75, 3.05) is 33.2 Å². The molecule has 2 fully saturated rings. The topological polar surface area (TPSA) is 43.8 Å². The Hall–Kier alpha value is -2.02. The van der Waals surface area contributed by atoms with Gasteiger partial charge in [0, 0.05) is 55.0 Å². The molecular weight excluding hydrogens is 434 g/mol. The Morgan fingerprint density at radius 1 is 1.03 bits per heavy atom. The molecule has 1 amide bonds. The SMILES string of the molecule is C[C@@H]1CN(C(=O)[C@@H]2CN(C)C[C@H]2c2ccc(F)cc2F)C[C@H](C)[C@@]1(O)c1ccc(Cl)cc1. The Labute approximate surface area is 192 Å². The number of aliphatic hydroxyl groups is 1. The summed E-state index contributed by atoms with van der Waals surface area (Å²) >= 11 is 6.02. The normalized spacial score (nSPS) is 31.2. The van der Waals surface area contributed by atoms with E-state index >= 15 is 0 Å². The molecule has 1 N–H and O–H groups in total. The zero-order valence-corrected chi connectivity index (χ0v) is 19.3. The van der Waals surface area contributed by atoms with Gasteiger partial charge in [0.25, 0.3) is 0 Å². The summed E-state index contributed by atoms with van der Waals surface area (Å²) < 4.78 is 27.9. The van der Waals surface area contributed by atoms with Crippen LogP contribution in [-0.4, -0.2) is 54.0 Å². The van der Waals surface area contributed by atoms with Gasteiger partial charge in [0.15, 0.2) is 0 Å². The summed E-state index contributed by atoms with van der Waals surface area (Å²) in [5, 5.41) is 12.2. The summed E-state index contributed by atoms with van der Waals surface area (Å²) in [7, 11) is 1.91. The van der Waals surface area contributed by atoms with Crippen molar-refractivity contribution in [3.8, 4) is 0 Å². The first kappa shape index (κ1) is 23.1. The van der Waals surface area contributed by atoms with Crippen molar-refractivity contribution in [2.24, 2.45) is 17.8 Å². The Morgan fingerprint density at radius 3 is 2.25 bits per heavy atom. The number of benzene rings is 2. The summed E-state index contributed by atoms with van der Waals surface area (Å²) in [6.45, 7) is 5.75. The molecular formula is C25H29ClF2N2O2. The zero-order valence-electron chi connectivity index (χ0n) is 18.6. The Bertz CT molecular complexity index is 988. The summed E-state index contributed by atoms with van der Waals surface area (Å²) in [5.74, 6) is -2.42. The smallest absolute Gasteiger partial charge is 0.227 e. The number of hydrogen-bond acceptors (Lipinski definition) is 3. The van der Waals surface area contributed by atoms with Crippen LogP contribution in [0, 0.1) is 29.4 Å². The lowest BCUT2D eigenvalue weighted by atomic mass is 9.70. The lowest BCUT2D eigenvalue weighted by Gasteiger charge is -2.48. The maximum atomic E-state index is 14.5. The van der Waals surface area contributed by atoms with Crippen LogP contribution in [0.15, 0.2) is 42.5 Å². The summed E-state index contributed by atoms with van der Waals surface area (Å²) in [6.07, 6.45) is 0. The van der Waals surface area contributed by atoms with Gasteiger partial charge >= 0.3 is 0 Å². The van der Waals surface area contributed by atoms with Crippen molar-refractivity contribution in [2.45, 2.75) is 25.4 Å². The van der Waals surface area contributed by atoms with Crippen LogP contribution in [0.5, 0.6) is 0 Å². The van der Waals surface area contributed by atoms with E-state index in [2.05, 4.69) is 0 Å². The monoisotopic (exact) mass is 462 g/mol. The number of halogens is 3. The first-order chi connectivity index (χ1) is 15.1. The van der Waals surface area contributed by atoms with Gasteiger partial charge in [-0.2, -0.15) is 0 Å². The van der Waals surface area contributed by atoms with Gasteiger partial charge in [-0.3, -0.25) is 4.79 Å². The molecule has 4 nitrogen and oxygen atoms in total.